The molecule has 152 valence electrons. The number of methoxy groups -OCH3 is 1. The molecular weight excluding hydrogens is 469 g/mol. The predicted octanol–water partition coefficient (Wildman–Crippen LogP) is 2.54. The molecule has 0 aliphatic carbocycles. The first kappa shape index (κ1) is 23.7. The number of ether oxygens (including phenoxy) is 1. The van der Waals surface area contributed by atoms with Crippen molar-refractivity contribution in [3.63, 3.8) is 0 Å². The second-order valence-electron chi connectivity index (χ2n) is 5.94. The van der Waals surface area contributed by atoms with E-state index >= 15 is 0 Å². The Balaban J connectivity index is 0.00000392. The quantitative estimate of drug-likeness (QED) is 0.254. The zero-order chi connectivity index (χ0) is 19.5. The number of carbonyl (C=O) groups excluding carboxylic acids is 1. The van der Waals surface area contributed by atoms with E-state index in [-0.39, 0.29) is 29.9 Å². The Bertz CT molecular complexity index is 738. The van der Waals surface area contributed by atoms with Crippen LogP contribution >= 0.6 is 24.0 Å². The van der Waals surface area contributed by atoms with Crippen LogP contribution in [-0.2, 0) is 6.54 Å². The van der Waals surface area contributed by atoms with Gasteiger partial charge in [-0.1, -0.05) is 12.1 Å². The van der Waals surface area contributed by atoms with E-state index in [1.807, 2.05) is 43.1 Å². The van der Waals surface area contributed by atoms with Crippen molar-refractivity contribution >= 4 is 35.8 Å². The van der Waals surface area contributed by atoms with Gasteiger partial charge in [0.25, 0.3) is 5.91 Å². The minimum atomic E-state index is -0.144. The van der Waals surface area contributed by atoms with E-state index in [9.17, 15) is 4.79 Å². The van der Waals surface area contributed by atoms with Gasteiger partial charge >= 0.3 is 0 Å². The third-order valence-corrected chi connectivity index (χ3v) is 3.86. The summed E-state index contributed by atoms with van der Waals surface area (Å²) in [6, 6.07) is 11.4. The summed E-state index contributed by atoms with van der Waals surface area (Å²) in [7, 11) is 3.64. The van der Waals surface area contributed by atoms with Crippen molar-refractivity contribution in [3.8, 4) is 5.75 Å². The molecule has 0 unspecified atom stereocenters. The maximum Gasteiger partial charge on any atom is 0.252 e. The summed E-state index contributed by atoms with van der Waals surface area (Å²) in [6.45, 7) is 4.47. The maximum absolute atomic E-state index is 12.0. The number of benzene rings is 1. The largest absolute Gasteiger partial charge is 0.497 e. The fourth-order valence-electron chi connectivity index (χ4n) is 2.48. The van der Waals surface area contributed by atoms with Crippen molar-refractivity contribution in [1.82, 2.24) is 20.5 Å². The molecule has 0 saturated heterocycles. The van der Waals surface area contributed by atoms with E-state index in [0.717, 1.165) is 30.4 Å². The molecule has 0 radical (unpaired) electrons. The number of hydrogen-bond donors (Lipinski definition) is 2. The molecule has 2 aromatic rings. The average Bonchev–Trinajstić information content (AvgIpc) is 2.71. The molecule has 1 heterocycles. The summed E-state index contributed by atoms with van der Waals surface area (Å²) in [5.74, 6) is 1.49. The van der Waals surface area contributed by atoms with Crippen LogP contribution in [0.3, 0.4) is 0 Å². The van der Waals surface area contributed by atoms with Gasteiger partial charge in [0.1, 0.15) is 5.75 Å². The number of halogens is 1. The number of guanidine groups is 1. The van der Waals surface area contributed by atoms with Crippen LogP contribution in [0.5, 0.6) is 5.75 Å². The van der Waals surface area contributed by atoms with Crippen LogP contribution in [-0.4, -0.2) is 55.5 Å². The Morgan fingerprint density at radius 3 is 2.57 bits per heavy atom. The highest BCUT2D eigenvalue weighted by molar-refractivity contribution is 14.0. The molecule has 0 atom stereocenters. The topological polar surface area (TPSA) is 78.8 Å². The second kappa shape index (κ2) is 12.9. The fourth-order valence-corrected chi connectivity index (χ4v) is 2.48. The molecule has 0 aliphatic rings. The van der Waals surface area contributed by atoms with Crippen LogP contribution in [0, 0.1) is 0 Å². The molecule has 1 amide bonds. The lowest BCUT2D eigenvalue weighted by atomic mass is 10.2. The molecule has 1 aromatic carbocycles. The summed E-state index contributed by atoms with van der Waals surface area (Å²) in [4.78, 5) is 22.6. The van der Waals surface area contributed by atoms with Crippen LogP contribution in [0.15, 0.2) is 53.8 Å². The summed E-state index contributed by atoms with van der Waals surface area (Å²) in [6.07, 6.45) is 3.19. The van der Waals surface area contributed by atoms with Crippen molar-refractivity contribution in [2.75, 3.05) is 33.8 Å². The molecule has 0 spiro atoms. The number of nitrogens with zero attached hydrogens (tertiary/aromatic N) is 3. The van der Waals surface area contributed by atoms with E-state index in [1.165, 1.54) is 0 Å². The second-order valence-corrected chi connectivity index (χ2v) is 5.94. The normalized spacial score (nSPS) is 10.6. The molecule has 2 rings (SSSR count). The number of aliphatic imine (C=N–C) groups is 1. The maximum atomic E-state index is 12.0. The van der Waals surface area contributed by atoms with Gasteiger partial charge in [0.2, 0.25) is 0 Å². The van der Waals surface area contributed by atoms with Crippen LogP contribution in [0.1, 0.15) is 22.8 Å². The highest BCUT2D eigenvalue weighted by Gasteiger charge is 2.07. The highest BCUT2D eigenvalue weighted by atomic mass is 127. The third kappa shape index (κ3) is 7.71. The Kier molecular flexibility index (Phi) is 10.9. The van der Waals surface area contributed by atoms with Crippen molar-refractivity contribution in [2.45, 2.75) is 13.5 Å². The number of nitrogens with one attached hydrogen (secondary N) is 2. The summed E-state index contributed by atoms with van der Waals surface area (Å²) < 4.78 is 5.19. The molecular formula is C20H28IN5O2. The Labute approximate surface area is 183 Å². The first-order valence-corrected chi connectivity index (χ1v) is 8.94. The zero-order valence-corrected chi connectivity index (χ0v) is 18.8. The van der Waals surface area contributed by atoms with Gasteiger partial charge in [-0.3, -0.25) is 14.8 Å². The van der Waals surface area contributed by atoms with Crippen LogP contribution in [0.4, 0.5) is 0 Å². The monoisotopic (exact) mass is 497 g/mol. The van der Waals surface area contributed by atoms with Gasteiger partial charge in [-0.25, -0.2) is 0 Å². The van der Waals surface area contributed by atoms with Gasteiger partial charge in [-0.05, 0) is 36.8 Å². The first-order valence-electron chi connectivity index (χ1n) is 8.94. The predicted molar refractivity (Wildman–Crippen MR) is 122 cm³/mol. The lowest BCUT2D eigenvalue weighted by Crippen LogP contribution is -2.39. The molecule has 28 heavy (non-hydrogen) atoms. The smallest absolute Gasteiger partial charge is 0.252 e. The Morgan fingerprint density at radius 1 is 1.21 bits per heavy atom. The van der Waals surface area contributed by atoms with Crippen LogP contribution in [0.25, 0.3) is 0 Å². The highest BCUT2D eigenvalue weighted by Crippen LogP contribution is 2.12. The molecule has 0 fully saturated rings. The minimum Gasteiger partial charge on any atom is -0.497 e. The number of amides is 1. The van der Waals surface area contributed by atoms with Crippen molar-refractivity contribution in [2.24, 2.45) is 4.99 Å². The van der Waals surface area contributed by atoms with Crippen LogP contribution in [0.2, 0.25) is 0 Å². The lowest BCUT2D eigenvalue weighted by Gasteiger charge is -2.22. The van der Waals surface area contributed by atoms with Gasteiger partial charge in [-0.2, -0.15) is 0 Å². The molecule has 8 heteroatoms. The van der Waals surface area contributed by atoms with Gasteiger partial charge in [0.15, 0.2) is 5.96 Å². The van der Waals surface area contributed by atoms with E-state index in [2.05, 4.69) is 20.6 Å². The summed E-state index contributed by atoms with van der Waals surface area (Å²) in [5.41, 5.74) is 1.71. The van der Waals surface area contributed by atoms with Gasteiger partial charge < -0.3 is 20.3 Å². The lowest BCUT2D eigenvalue weighted by molar-refractivity contribution is 0.0954. The SMILES string of the molecule is CCNC(=NCCNC(=O)c1cccnc1)N(C)Cc1ccc(OC)cc1.I. The van der Waals surface area contributed by atoms with Crippen LogP contribution < -0.4 is 15.4 Å². The summed E-state index contributed by atoms with van der Waals surface area (Å²) in [5, 5.41) is 6.13. The number of carbonyl (C=O) groups is 1. The van der Waals surface area contributed by atoms with Gasteiger partial charge in [-0.15, -0.1) is 24.0 Å². The number of aromatic nitrogens is 1. The Hall–Kier alpha value is -2.36. The number of pyridine rings is 1. The molecule has 0 saturated carbocycles. The molecule has 0 aliphatic heterocycles. The third-order valence-electron chi connectivity index (χ3n) is 3.86. The average molecular weight is 497 g/mol. The fraction of sp³-hybridized carbons (Fsp3) is 0.350. The van der Waals surface area contributed by atoms with Gasteiger partial charge in [0, 0.05) is 39.1 Å². The van der Waals surface area contributed by atoms with E-state index in [1.54, 1.807) is 31.6 Å². The van der Waals surface area contributed by atoms with E-state index < -0.39 is 0 Å². The van der Waals surface area contributed by atoms with Crippen molar-refractivity contribution in [3.05, 3.63) is 59.9 Å². The van der Waals surface area contributed by atoms with Crippen molar-refractivity contribution in [1.29, 1.82) is 0 Å². The molecule has 7 nitrogen and oxygen atoms in total. The van der Waals surface area contributed by atoms with E-state index in [0.29, 0.717) is 18.7 Å². The standard InChI is InChI=1S/C20H27N5O2.HI/c1-4-22-20(25(2)15-16-7-9-18(27-3)10-8-16)24-13-12-23-19(26)17-6-5-11-21-14-17;/h5-11,14H,4,12-13,15H2,1-3H3,(H,22,24)(H,23,26);1H. The molecule has 2 N–H and O–H groups in total. The minimum absolute atomic E-state index is 0. The van der Waals surface area contributed by atoms with E-state index in [4.69, 9.17) is 4.74 Å². The van der Waals surface area contributed by atoms with Gasteiger partial charge in [0.05, 0.1) is 19.2 Å². The zero-order valence-electron chi connectivity index (χ0n) is 16.5. The molecule has 0 bridgehead atoms. The number of hydrogen-bond acceptors (Lipinski definition) is 4. The summed E-state index contributed by atoms with van der Waals surface area (Å²) >= 11 is 0. The molecule has 1 aromatic heterocycles. The Morgan fingerprint density at radius 2 is 1.96 bits per heavy atom. The number of rotatable bonds is 8. The first-order chi connectivity index (χ1) is 13.1. The van der Waals surface area contributed by atoms with Crippen molar-refractivity contribution < 1.29 is 9.53 Å².